The standard InChI is InChI=1S/C23H18ClNS/c24-19-13-11-18(12-14-19)22-16-20(15-10-17-6-2-1-3-7-17)26-23-9-5-4-8-21(23)25-22/h1-15,20H,16H2/b15-10+. The highest BCUT2D eigenvalue weighted by Gasteiger charge is 2.19. The van der Waals surface area contributed by atoms with E-state index in [1.807, 2.05) is 36.0 Å². The van der Waals surface area contributed by atoms with Crippen molar-refractivity contribution in [1.29, 1.82) is 0 Å². The number of benzene rings is 3. The summed E-state index contributed by atoms with van der Waals surface area (Å²) in [4.78, 5) is 6.18. The number of nitrogens with zero attached hydrogens (tertiary/aromatic N) is 1. The third-order valence-electron chi connectivity index (χ3n) is 4.27. The second-order valence-corrected chi connectivity index (χ2v) is 7.88. The number of thioether (sulfide) groups is 1. The van der Waals surface area contributed by atoms with E-state index in [9.17, 15) is 0 Å². The Bertz CT molecular complexity index is 945. The van der Waals surface area contributed by atoms with Crippen molar-refractivity contribution in [3.05, 3.63) is 101 Å². The lowest BCUT2D eigenvalue weighted by molar-refractivity contribution is 1.13. The number of rotatable bonds is 3. The number of hydrogen-bond acceptors (Lipinski definition) is 2. The number of aliphatic imine (C=N–C) groups is 1. The summed E-state index contributed by atoms with van der Waals surface area (Å²) >= 11 is 7.93. The van der Waals surface area contributed by atoms with E-state index in [4.69, 9.17) is 16.6 Å². The molecule has 128 valence electrons. The van der Waals surface area contributed by atoms with E-state index >= 15 is 0 Å². The summed E-state index contributed by atoms with van der Waals surface area (Å²) < 4.78 is 0. The van der Waals surface area contributed by atoms with E-state index < -0.39 is 0 Å². The third kappa shape index (κ3) is 4.09. The Hall–Kier alpha value is -2.29. The fourth-order valence-corrected chi connectivity index (χ4v) is 4.19. The van der Waals surface area contributed by atoms with Crippen LogP contribution in [0.4, 0.5) is 5.69 Å². The number of hydrogen-bond donors (Lipinski definition) is 0. The van der Waals surface area contributed by atoms with Crippen LogP contribution in [-0.2, 0) is 0 Å². The van der Waals surface area contributed by atoms with Gasteiger partial charge in [-0.1, -0.05) is 78.4 Å². The van der Waals surface area contributed by atoms with Crippen molar-refractivity contribution < 1.29 is 0 Å². The minimum Gasteiger partial charge on any atom is -0.252 e. The smallest absolute Gasteiger partial charge is 0.0769 e. The fourth-order valence-electron chi connectivity index (χ4n) is 2.95. The average molecular weight is 376 g/mol. The Kier molecular flexibility index (Phi) is 5.24. The van der Waals surface area contributed by atoms with Crippen molar-refractivity contribution in [3.63, 3.8) is 0 Å². The molecule has 1 aliphatic heterocycles. The normalized spacial score (nSPS) is 16.8. The summed E-state index contributed by atoms with van der Waals surface area (Å²) in [6.45, 7) is 0. The van der Waals surface area contributed by atoms with Gasteiger partial charge in [-0.3, -0.25) is 4.99 Å². The SMILES string of the molecule is Clc1ccc(C2=Nc3ccccc3SC(/C=C/c3ccccc3)C2)cc1. The van der Waals surface area contributed by atoms with E-state index in [1.165, 1.54) is 10.5 Å². The molecular formula is C23H18ClNS. The van der Waals surface area contributed by atoms with Crippen molar-refractivity contribution in [2.75, 3.05) is 0 Å². The van der Waals surface area contributed by atoms with Crippen molar-refractivity contribution in [2.24, 2.45) is 4.99 Å². The maximum atomic E-state index is 6.05. The molecule has 0 saturated heterocycles. The fraction of sp³-hybridized carbons (Fsp3) is 0.0870. The van der Waals surface area contributed by atoms with Crippen LogP contribution in [-0.4, -0.2) is 11.0 Å². The first-order chi connectivity index (χ1) is 12.8. The highest BCUT2D eigenvalue weighted by Crippen LogP contribution is 2.38. The lowest BCUT2D eigenvalue weighted by atomic mass is 10.0. The van der Waals surface area contributed by atoms with Crippen LogP contribution in [0.2, 0.25) is 5.02 Å². The lowest BCUT2D eigenvalue weighted by Crippen LogP contribution is -2.08. The van der Waals surface area contributed by atoms with Crippen molar-refractivity contribution in [3.8, 4) is 0 Å². The molecule has 0 bridgehead atoms. The molecule has 0 aromatic heterocycles. The van der Waals surface area contributed by atoms with Gasteiger partial charge >= 0.3 is 0 Å². The molecule has 0 spiro atoms. The summed E-state index contributed by atoms with van der Waals surface area (Å²) in [7, 11) is 0. The van der Waals surface area contributed by atoms with Gasteiger partial charge in [-0.05, 0) is 35.4 Å². The Morgan fingerprint density at radius 2 is 1.62 bits per heavy atom. The van der Waals surface area contributed by atoms with Crippen molar-refractivity contribution in [2.45, 2.75) is 16.6 Å². The van der Waals surface area contributed by atoms with E-state index in [0.29, 0.717) is 5.25 Å². The van der Waals surface area contributed by atoms with Gasteiger partial charge in [0.25, 0.3) is 0 Å². The second-order valence-electron chi connectivity index (χ2n) is 6.16. The molecule has 1 nitrogen and oxygen atoms in total. The summed E-state index contributed by atoms with van der Waals surface area (Å²) in [5, 5.41) is 1.08. The number of para-hydroxylation sites is 1. The molecule has 0 amide bonds. The monoisotopic (exact) mass is 375 g/mol. The highest BCUT2D eigenvalue weighted by atomic mass is 35.5. The van der Waals surface area contributed by atoms with E-state index in [-0.39, 0.29) is 0 Å². The maximum absolute atomic E-state index is 6.05. The predicted molar refractivity (Wildman–Crippen MR) is 114 cm³/mol. The number of halogens is 1. The quantitative estimate of drug-likeness (QED) is 0.478. The van der Waals surface area contributed by atoms with E-state index in [1.54, 1.807) is 0 Å². The van der Waals surface area contributed by atoms with Gasteiger partial charge in [0.1, 0.15) is 0 Å². The molecule has 0 fully saturated rings. The van der Waals surface area contributed by atoms with Crippen LogP contribution >= 0.6 is 23.4 Å². The van der Waals surface area contributed by atoms with Crippen LogP contribution in [0, 0.1) is 0 Å². The lowest BCUT2D eigenvalue weighted by Gasteiger charge is -2.11. The second kappa shape index (κ2) is 7.94. The summed E-state index contributed by atoms with van der Waals surface area (Å²) in [5.74, 6) is 0. The van der Waals surface area contributed by atoms with Gasteiger partial charge in [0.05, 0.1) is 5.69 Å². The molecule has 0 aliphatic carbocycles. The highest BCUT2D eigenvalue weighted by molar-refractivity contribution is 8.00. The molecule has 26 heavy (non-hydrogen) atoms. The molecule has 3 heteroatoms. The molecule has 0 saturated carbocycles. The summed E-state index contributed by atoms with van der Waals surface area (Å²) in [6.07, 6.45) is 5.36. The topological polar surface area (TPSA) is 12.4 Å². The Morgan fingerprint density at radius 1 is 0.885 bits per heavy atom. The Morgan fingerprint density at radius 3 is 2.42 bits per heavy atom. The van der Waals surface area contributed by atoms with Crippen LogP contribution in [0.5, 0.6) is 0 Å². The van der Waals surface area contributed by atoms with Crippen LogP contribution in [0.1, 0.15) is 17.5 Å². The first kappa shape index (κ1) is 17.1. The Labute approximate surface area is 163 Å². The van der Waals surface area contributed by atoms with Crippen LogP contribution in [0.15, 0.2) is 94.8 Å². The van der Waals surface area contributed by atoms with Crippen LogP contribution in [0.25, 0.3) is 6.08 Å². The van der Waals surface area contributed by atoms with Gasteiger partial charge in [0.2, 0.25) is 0 Å². The van der Waals surface area contributed by atoms with Gasteiger partial charge in [0.15, 0.2) is 0 Å². The van der Waals surface area contributed by atoms with Gasteiger partial charge in [0, 0.05) is 27.3 Å². The average Bonchev–Trinajstić information content (AvgIpc) is 2.87. The first-order valence-corrected chi connectivity index (χ1v) is 9.86. The maximum Gasteiger partial charge on any atom is 0.0769 e. The zero-order chi connectivity index (χ0) is 17.8. The minimum absolute atomic E-state index is 0.327. The molecule has 1 aliphatic rings. The van der Waals surface area contributed by atoms with Crippen LogP contribution < -0.4 is 0 Å². The minimum atomic E-state index is 0.327. The molecule has 1 atom stereocenters. The van der Waals surface area contributed by atoms with Crippen molar-refractivity contribution >= 4 is 40.8 Å². The summed E-state index contributed by atoms with van der Waals surface area (Å²) in [6, 6.07) is 26.7. The molecule has 4 rings (SSSR count). The summed E-state index contributed by atoms with van der Waals surface area (Å²) in [5.41, 5.74) is 4.49. The predicted octanol–water partition coefficient (Wildman–Crippen LogP) is 7.04. The molecule has 1 heterocycles. The molecular weight excluding hydrogens is 358 g/mol. The molecule has 3 aromatic carbocycles. The van der Waals surface area contributed by atoms with Gasteiger partial charge < -0.3 is 0 Å². The van der Waals surface area contributed by atoms with Crippen molar-refractivity contribution in [1.82, 2.24) is 0 Å². The first-order valence-electron chi connectivity index (χ1n) is 8.60. The van der Waals surface area contributed by atoms with E-state index in [0.717, 1.165) is 28.4 Å². The van der Waals surface area contributed by atoms with Crippen LogP contribution in [0.3, 0.4) is 0 Å². The largest absolute Gasteiger partial charge is 0.252 e. The number of fused-ring (bicyclic) bond motifs is 1. The zero-order valence-electron chi connectivity index (χ0n) is 14.2. The third-order valence-corrected chi connectivity index (χ3v) is 5.75. The van der Waals surface area contributed by atoms with Gasteiger partial charge in [-0.25, -0.2) is 0 Å². The molecule has 3 aromatic rings. The zero-order valence-corrected chi connectivity index (χ0v) is 15.8. The molecule has 0 radical (unpaired) electrons. The van der Waals surface area contributed by atoms with Gasteiger partial charge in [-0.2, -0.15) is 0 Å². The Balaban J connectivity index is 1.68. The van der Waals surface area contributed by atoms with Gasteiger partial charge in [-0.15, -0.1) is 11.8 Å². The molecule has 0 N–H and O–H groups in total. The molecule has 1 unspecified atom stereocenters. The van der Waals surface area contributed by atoms with E-state index in [2.05, 4.69) is 66.7 Å².